The Hall–Kier alpha value is -1.39. The number of nitrogens with zero attached hydrogens (tertiary/aromatic N) is 2. The number of rotatable bonds is 0. The van der Waals surface area contributed by atoms with Crippen LogP contribution in [0.4, 0.5) is 4.39 Å². The lowest BCUT2D eigenvalue weighted by Gasteiger charge is -1.92. The second kappa shape index (κ2) is 1.85. The largest absolute Gasteiger partial charge is 0.425 e. The molecule has 0 aliphatic rings. The van der Waals surface area contributed by atoms with Gasteiger partial charge in [0.1, 0.15) is 6.33 Å². The van der Waals surface area contributed by atoms with E-state index >= 15 is 0 Å². The Balaban J connectivity index is 3.43. The van der Waals surface area contributed by atoms with Gasteiger partial charge in [0.05, 0.1) is 6.20 Å². The summed E-state index contributed by atoms with van der Waals surface area (Å²) < 4.78 is 12.4. The van der Waals surface area contributed by atoms with Crippen LogP contribution >= 0.6 is 0 Å². The average molecular weight is 129 g/mol. The van der Waals surface area contributed by atoms with Gasteiger partial charge in [0.2, 0.25) is 0 Å². The third-order valence-electron chi connectivity index (χ3n) is 0.819. The van der Waals surface area contributed by atoms with Gasteiger partial charge < -0.3 is 5.21 Å². The topological polar surface area (TPSA) is 61.9 Å². The van der Waals surface area contributed by atoms with E-state index in [9.17, 15) is 4.39 Å². The molecule has 9 heavy (non-hydrogen) atoms. The van der Waals surface area contributed by atoms with Crippen LogP contribution in [0, 0.1) is 11.2 Å². The van der Waals surface area contributed by atoms with Crippen LogP contribution in [0.3, 0.4) is 0 Å². The van der Waals surface area contributed by atoms with Crippen LogP contribution < -0.4 is 5.49 Å². The second-order valence-electron chi connectivity index (χ2n) is 1.43. The molecule has 4 nitrogen and oxygen atoms in total. The van der Waals surface area contributed by atoms with Crippen LogP contribution in [-0.4, -0.2) is 14.9 Å². The van der Waals surface area contributed by atoms with Crippen LogP contribution in [0.1, 0.15) is 0 Å². The predicted molar refractivity (Wildman–Crippen MR) is 25.2 cm³/mol. The third-order valence-corrected chi connectivity index (χ3v) is 0.819. The molecular formula is C4H4FN3O. The first kappa shape index (κ1) is 5.74. The maximum Gasteiger partial charge on any atom is 0.200 e. The van der Waals surface area contributed by atoms with E-state index in [-0.39, 0.29) is 0 Å². The van der Waals surface area contributed by atoms with Gasteiger partial charge in [-0.3, -0.25) is 5.41 Å². The molecule has 0 radical (unpaired) electrons. The molecule has 0 aromatic carbocycles. The molecule has 0 atom stereocenters. The highest BCUT2D eigenvalue weighted by Crippen LogP contribution is 1.79. The van der Waals surface area contributed by atoms with Crippen molar-refractivity contribution < 1.29 is 9.60 Å². The molecule has 0 fully saturated rings. The highest BCUT2D eigenvalue weighted by molar-refractivity contribution is 4.81. The summed E-state index contributed by atoms with van der Waals surface area (Å²) in [5, 5.41) is 15.3. The highest BCUT2D eigenvalue weighted by atomic mass is 19.1. The summed E-state index contributed by atoms with van der Waals surface area (Å²) >= 11 is 0. The van der Waals surface area contributed by atoms with Gasteiger partial charge in [-0.1, -0.05) is 0 Å². The maximum atomic E-state index is 12.1. The van der Waals surface area contributed by atoms with E-state index in [2.05, 4.69) is 4.98 Å². The van der Waals surface area contributed by atoms with Gasteiger partial charge >= 0.3 is 0 Å². The van der Waals surface area contributed by atoms with E-state index in [1.54, 1.807) is 0 Å². The molecule has 2 N–H and O–H groups in total. The molecule has 0 bridgehead atoms. The average Bonchev–Trinajstić information content (AvgIpc) is 1.83. The monoisotopic (exact) mass is 129 g/mol. The van der Waals surface area contributed by atoms with Crippen molar-refractivity contribution in [2.75, 3.05) is 0 Å². The first-order valence-electron chi connectivity index (χ1n) is 2.18. The molecular weight excluding hydrogens is 125 g/mol. The van der Waals surface area contributed by atoms with Crippen LogP contribution in [-0.2, 0) is 0 Å². The molecule has 0 aliphatic heterocycles. The number of hydrogen-bond acceptors (Lipinski definition) is 3. The Kier molecular flexibility index (Phi) is 1.18. The quantitative estimate of drug-likeness (QED) is 0.474. The summed E-state index contributed by atoms with van der Waals surface area (Å²) in [5.41, 5.74) is -0.593. The van der Waals surface area contributed by atoms with Crippen LogP contribution in [0.25, 0.3) is 0 Å². The van der Waals surface area contributed by atoms with E-state index in [1.807, 2.05) is 0 Å². The lowest BCUT2D eigenvalue weighted by Crippen LogP contribution is -2.20. The fraction of sp³-hybridized carbons (Fsp3) is 0. The highest BCUT2D eigenvalue weighted by Gasteiger charge is 1.93. The molecule has 0 saturated carbocycles. The Morgan fingerprint density at radius 1 is 1.78 bits per heavy atom. The van der Waals surface area contributed by atoms with Crippen molar-refractivity contribution in [3.63, 3.8) is 0 Å². The summed E-state index contributed by atoms with van der Waals surface area (Å²) in [5.74, 6) is -0.847. The van der Waals surface area contributed by atoms with Crippen LogP contribution in [0.5, 0.6) is 0 Å². The van der Waals surface area contributed by atoms with Crippen molar-refractivity contribution in [2.24, 2.45) is 0 Å². The molecule has 0 amide bonds. The van der Waals surface area contributed by atoms with Crippen LogP contribution in [0.15, 0.2) is 12.5 Å². The summed E-state index contributed by atoms with van der Waals surface area (Å²) in [6.07, 6.45) is 1.79. The second-order valence-corrected chi connectivity index (χ2v) is 1.43. The summed E-state index contributed by atoms with van der Waals surface area (Å²) in [6, 6.07) is 0. The summed E-state index contributed by atoms with van der Waals surface area (Å²) in [4.78, 5) is 3.26. The zero-order valence-electron chi connectivity index (χ0n) is 4.37. The van der Waals surface area contributed by atoms with Crippen molar-refractivity contribution in [3.05, 3.63) is 23.8 Å². The van der Waals surface area contributed by atoms with Gasteiger partial charge in [-0.2, -0.15) is 4.73 Å². The van der Waals surface area contributed by atoms with Crippen molar-refractivity contribution in [1.82, 2.24) is 9.71 Å². The zero-order chi connectivity index (χ0) is 6.85. The van der Waals surface area contributed by atoms with Gasteiger partial charge in [0, 0.05) is 0 Å². The van der Waals surface area contributed by atoms with Gasteiger partial charge in [-0.25, -0.2) is 9.37 Å². The van der Waals surface area contributed by atoms with E-state index in [4.69, 9.17) is 10.6 Å². The Morgan fingerprint density at radius 2 is 2.44 bits per heavy atom. The van der Waals surface area contributed by atoms with Crippen molar-refractivity contribution >= 4 is 0 Å². The molecule has 48 valence electrons. The smallest absolute Gasteiger partial charge is 0.200 e. The van der Waals surface area contributed by atoms with Crippen molar-refractivity contribution in [2.45, 2.75) is 0 Å². The Bertz CT molecular complexity index is 246. The van der Waals surface area contributed by atoms with Gasteiger partial charge in [-0.15, -0.1) is 0 Å². The standard InChI is InChI=1S/C4H4FN3O/c5-3-1-7-2-8(9)4(3)6/h1-2,6,9H. The third kappa shape index (κ3) is 0.883. The summed E-state index contributed by atoms with van der Waals surface area (Å²) in [6.45, 7) is 0. The minimum absolute atomic E-state index is 0.301. The number of aromatic nitrogens is 2. The number of hydrogen-bond donors (Lipinski definition) is 2. The maximum absolute atomic E-state index is 12.1. The Labute approximate surface area is 49.7 Å². The van der Waals surface area contributed by atoms with E-state index in [1.165, 1.54) is 0 Å². The zero-order valence-corrected chi connectivity index (χ0v) is 4.37. The fourth-order valence-corrected chi connectivity index (χ4v) is 0.390. The predicted octanol–water partition coefficient (Wildman–Crippen LogP) is -0.261. The van der Waals surface area contributed by atoms with Gasteiger partial charge in [0.15, 0.2) is 11.3 Å². The lowest BCUT2D eigenvalue weighted by molar-refractivity contribution is 0.161. The number of halogens is 1. The van der Waals surface area contributed by atoms with E-state index in [0.29, 0.717) is 4.73 Å². The normalized spacial score (nSPS) is 9.44. The molecule has 1 aromatic heterocycles. The van der Waals surface area contributed by atoms with Crippen LogP contribution in [0.2, 0.25) is 0 Å². The molecule has 0 aliphatic carbocycles. The molecule has 1 heterocycles. The minimum Gasteiger partial charge on any atom is -0.425 e. The summed E-state index contributed by atoms with van der Waals surface area (Å²) in [7, 11) is 0. The molecule has 5 heteroatoms. The number of nitrogens with one attached hydrogen (secondary N) is 1. The Morgan fingerprint density at radius 3 is 2.89 bits per heavy atom. The van der Waals surface area contributed by atoms with Gasteiger partial charge in [-0.05, 0) is 0 Å². The molecule has 0 saturated heterocycles. The first-order chi connectivity index (χ1) is 4.22. The molecule has 0 spiro atoms. The van der Waals surface area contributed by atoms with Gasteiger partial charge in [0.25, 0.3) is 0 Å². The first-order valence-corrected chi connectivity index (χ1v) is 2.18. The van der Waals surface area contributed by atoms with Crippen molar-refractivity contribution in [1.29, 1.82) is 5.41 Å². The lowest BCUT2D eigenvalue weighted by atomic mass is 10.6. The fourth-order valence-electron chi connectivity index (χ4n) is 0.390. The van der Waals surface area contributed by atoms with E-state index < -0.39 is 11.3 Å². The molecule has 1 aromatic rings. The van der Waals surface area contributed by atoms with Crippen molar-refractivity contribution in [3.8, 4) is 0 Å². The van der Waals surface area contributed by atoms with E-state index in [0.717, 1.165) is 12.5 Å². The molecule has 1 rings (SSSR count). The molecule has 0 unspecified atom stereocenters. The SMILES string of the molecule is N=c1c(F)cncn1O. The minimum atomic E-state index is -0.847.